The summed E-state index contributed by atoms with van der Waals surface area (Å²) in [7, 11) is 1.63. The van der Waals surface area contributed by atoms with Crippen LogP contribution in [0.3, 0.4) is 0 Å². The molecule has 0 bridgehead atoms. The van der Waals surface area contributed by atoms with Gasteiger partial charge >= 0.3 is 5.97 Å². The predicted octanol–water partition coefficient (Wildman–Crippen LogP) is 2.61. The Morgan fingerprint density at radius 2 is 2.05 bits per heavy atom. The summed E-state index contributed by atoms with van der Waals surface area (Å²) in [6.45, 7) is 8.00. The molecule has 1 aromatic heterocycles. The highest BCUT2D eigenvalue weighted by atomic mass is 32.1. The van der Waals surface area contributed by atoms with Gasteiger partial charge in [-0.2, -0.15) is 0 Å². The first kappa shape index (κ1) is 17.6. The molecule has 0 aliphatic carbocycles. The van der Waals surface area contributed by atoms with Crippen LogP contribution in [0.25, 0.3) is 0 Å². The summed E-state index contributed by atoms with van der Waals surface area (Å²) in [5.74, 6) is -0.447. The van der Waals surface area contributed by atoms with Crippen molar-refractivity contribution in [2.75, 3.05) is 25.6 Å². The van der Waals surface area contributed by atoms with E-state index in [0.717, 1.165) is 0 Å². The molecule has 0 aromatic carbocycles. The lowest BCUT2D eigenvalue weighted by molar-refractivity contribution is 0.0517. The number of ketones is 1. The van der Waals surface area contributed by atoms with Crippen molar-refractivity contribution in [2.45, 2.75) is 33.7 Å². The number of thiazole rings is 1. The molecule has 6 nitrogen and oxygen atoms in total. The lowest BCUT2D eigenvalue weighted by Crippen LogP contribution is -2.30. The van der Waals surface area contributed by atoms with Crippen LogP contribution in [0.15, 0.2) is 0 Å². The van der Waals surface area contributed by atoms with Gasteiger partial charge in [0.15, 0.2) is 16.6 Å². The van der Waals surface area contributed by atoms with E-state index in [-0.39, 0.29) is 24.1 Å². The summed E-state index contributed by atoms with van der Waals surface area (Å²) < 4.78 is 10.1. The Balaban J connectivity index is 3.01. The van der Waals surface area contributed by atoms with E-state index in [0.29, 0.717) is 22.5 Å². The smallest absolute Gasteiger partial charge is 0.358 e. The Morgan fingerprint density at radius 3 is 2.52 bits per heavy atom. The number of ether oxygens (including phenoxy) is 2. The van der Waals surface area contributed by atoms with Crippen LogP contribution in [0.5, 0.6) is 0 Å². The molecule has 0 fully saturated rings. The number of rotatable bonds is 8. The maximum absolute atomic E-state index is 11.8. The fourth-order valence-corrected chi connectivity index (χ4v) is 2.61. The van der Waals surface area contributed by atoms with E-state index >= 15 is 0 Å². The second-order valence-corrected chi connectivity index (χ2v) is 5.92. The van der Waals surface area contributed by atoms with Crippen LogP contribution in [0, 0.1) is 5.92 Å². The average Bonchev–Trinajstić information content (AvgIpc) is 2.82. The third kappa shape index (κ3) is 4.78. The van der Waals surface area contributed by atoms with E-state index in [2.05, 4.69) is 24.1 Å². The number of esters is 1. The predicted molar refractivity (Wildman–Crippen MR) is 82.2 cm³/mol. The third-order valence-electron chi connectivity index (χ3n) is 2.88. The first-order valence-corrected chi connectivity index (χ1v) is 7.66. The van der Waals surface area contributed by atoms with Crippen LogP contribution >= 0.6 is 11.3 Å². The molecule has 1 N–H and O–H groups in total. The van der Waals surface area contributed by atoms with Gasteiger partial charge in [-0.15, -0.1) is 0 Å². The topological polar surface area (TPSA) is 77.5 Å². The molecule has 1 unspecified atom stereocenters. The standard InChI is InChI=1S/C14H22N2O4S/c1-6-20-13(18)11-12(9(4)17)21-14(16-11)15-10(7-19-5)8(2)3/h8,10H,6-7H2,1-5H3,(H,15,16). The minimum absolute atomic E-state index is 0.0519. The van der Waals surface area contributed by atoms with Gasteiger partial charge in [-0.05, 0) is 12.8 Å². The number of hydrogen-bond donors (Lipinski definition) is 1. The van der Waals surface area contributed by atoms with Crippen LogP contribution in [-0.2, 0) is 9.47 Å². The number of methoxy groups -OCH3 is 1. The van der Waals surface area contributed by atoms with Gasteiger partial charge in [-0.25, -0.2) is 9.78 Å². The maximum atomic E-state index is 11.8. The Bertz CT molecular complexity index is 499. The molecule has 1 heterocycles. The van der Waals surface area contributed by atoms with Gasteiger partial charge in [-0.3, -0.25) is 4.79 Å². The highest BCUT2D eigenvalue weighted by molar-refractivity contribution is 7.17. The van der Waals surface area contributed by atoms with Gasteiger partial charge in [0.2, 0.25) is 0 Å². The number of hydrogen-bond acceptors (Lipinski definition) is 7. The van der Waals surface area contributed by atoms with Gasteiger partial charge in [0.05, 0.1) is 19.3 Å². The molecular weight excluding hydrogens is 292 g/mol. The van der Waals surface area contributed by atoms with Crippen molar-refractivity contribution in [1.82, 2.24) is 4.98 Å². The molecule has 0 saturated heterocycles. The molecular formula is C14H22N2O4S. The zero-order valence-electron chi connectivity index (χ0n) is 13.1. The second-order valence-electron chi connectivity index (χ2n) is 4.92. The van der Waals surface area contributed by atoms with Gasteiger partial charge in [-0.1, -0.05) is 25.2 Å². The minimum atomic E-state index is -0.570. The summed E-state index contributed by atoms with van der Waals surface area (Å²) in [5.41, 5.74) is 0.0803. The van der Waals surface area contributed by atoms with Crippen molar-refractivity contribution in [3.8, 4) is 0 Å². The third-order valence-corrected chi connectivity index (χ3v) is 3.96. The lowest BCUT2D eigenvalue weighted by atomic mass is 10.1. The van der Waals surface area contributed by atoms with E-state index in [9.17, 15) is 9.59 Å². The SMILES string of the molecule is CCOC(=O)c1nc(NC(COC)C(C)C)sc1C(C)=O. The van der Waals surface area contributed by atoms with Crippen molar-refractivity contribution >= 4 is 28.2 Å². The van der Waals surface area contributed by atoms with Crippen molar-refractivity contribution < 1.29 is 19.1 Å². The zero-order valence-corrected chi connectivity index (χ0v) is 13.9. The molecule has 118 valence electrons. The Labute approximate surface area is 128 Å². The fraction of sp³-hybridized carbons (Fsp3) is 0.643. The van der Waals surface area contributed by atoms with Crippen molar-refractivity contribution in [3.05, 3.63) is 10.6 Å². The Hall–Kier alpha value is -1.47. The minimum Gasteiger partial charge on any atom is -0.461 e. The number of Topliss-reactive ketones (excluding diaryl/α,β-unsaturated/α-hetero) is 1. The van der Waals surface area contributed by atoms with E-state index in [1.165, 1.54) is 18.3 Å². The van der Waals surface area contributed by atoms with E-state index in [1.807, 2.05) is 0 Å². The van der Waals surface area contributed by atoms with Crippen molar-refractivity contribution in [1.29, 1.82) is 0 Å². The Morgan fingerprint density at radius 1 is 1.38 bits per heavy atom. The Kier molecular flexibility index (Phi) is 6.77. The number of nitrogens with zero attached hydrogens (tertiary/aromatic N) is 1. The van der Waals surface area contributed by atoms with E-state index < -0.39 is 5.97 Å². The summed E-state index contributed by atoms with van der Waals surface area (Å²) >= 11 is 1.17. The average molecular weight is 314 g/mol. The number of carbonyl (C=O) groups is 2. The number of nitrogens with one attached hydrogen (secondary N) is 1. The van der Waals surface area contributed by atoms with Crippen LogP contribution in [0.2, 0.25) is 0 Å². The number of anilines is 1. The number of carbonyl (C=O) groups excluding carboxylic acids is 2. The molecule has 7 heteroatoms. The molecule has 0 saturated carbocycles. The molecule has 1 aromatic rings. The first-order chi connectivity index (χ1) is 9.90. The highest BCUT2D eigenvalue weighted by Crippen LogP contribution is 2.26. The second kappa shape index (κ2) is 8.09. The van der Waals surface area contributed by atoms with Crippen molar-refractivity contribution in [3.63, 3.8) is 0 Å². The molecule has 0 radical (unpaired) electrons. The quantitative estimate of drug-likeness (QED) is 0.587. The molecule has 1 atom stereocenters. The van der Waals surface area contributed by atoms with Crippen LogP contribution in [0.1, 0.15) is 47.9 Å². The van der Waals surface area contributed by atoms with Gasteiger partial charge < -0.3 is 14.8 Å². The highest BCUT2D eigenvalue weighted by Gasteiger charge is 2.24. The molecule has 0 spiro atoms. The molecule has 0 amide bonds. The summed E-state index contributed by atoms with van der Waals surface area (Å²) in [6, 6.07) is 0.0519. The summed E-state index contributed by atoms with van der Waals surface area (Å²) in [4.78, 5) is 28.0. The molecule has 0 aliphatic rings. The maximum Gasteiger partial charge on any atom is 0.358 e. The first-order valence-electron chi connectivity index (χ1n) is 6.85. The molecule has 21 heavy (non-hydrogen) atoms. The monoisotopic (exact) mass is 314 g/mol. The molecule has 1 rings (SSSR count). The summed E-state index contributed by atoms with van der Waals surface area (Å²) in [6.07, 6.45) is 0. The van der Waals surface area contributed by atoms with Crippen LogP contribution < -0.4 is 5.32 Å². The normalized spacial score (nSPS) is 12.3. The largest absolute Gasteiger partial charge is 0.461 e. The van der Waals surface area contributed by atoms with Gasteiger partial charge in [0.1, 0.15) is 4.88 Å². The van der Waals surface area contributed by atoms with Crippen LogP contribution in [0.4, 0.5) is 5.13 Å². The van der Waals surface area contributed by atoms with Crippen molar-refractivity contribution in [2.24, 2.45) is 5.92 Å². The van der Waals surface area contributed by atoms with Gasteiger partial charge in [0.25, 0.3) is 0 Å². The van der Waals surface area contributed by atoms with E-state index in [4.69, 9.17) is 9.47 Å². The summed E-state index contributed by atoms with van der Waals surface area (Å²) in [5, 5.41) is 3.74. The molecule has 0 aliphatic heterocycles. The van der Waals surface area contributed by atoms with Gasteiger partial charge in [0, 0.05) is 14.0 Å². The number of aromatic nitrogens is 1. The fourth-order valence-electron chi connectivity index (χ4n) is 1.70. The van der Waals surface area contributed by atoms with Crippen LogP contribution in [-0.4, -0.2) is 43.1 Å². The van der Waals surface area contributed by atoms with E-state index in [1.54, 1.807) is 14.0 Å². The lowest BCUT2D eigenvalue weighted by Gasteiger charge is -2.20. The zero-order chi connectivity index (χ0) is 16.0.